The molecule has 1 aromatic rings. The summed E-state index contributed by atoms with van der Waals surface area (Å²) < 4.78 is 6.84. The maximum absolute atomic E-state index is 13.1. The van der Waals surface area contributed by atoms with Crippen LogP contribution in [0, 0.1) is 23.2 Å². The topological polar surface area (TPSA) is 80.6 Å². The molecule has 0 unspecified atom stereocenters. The largest absolute Gasteiger partial charge is 0.464 e. The molecule has 1 aliphatic heterocycles. The number of hydrogen-bond donors (Lipinski definition) is 1. The lowest BCUT2D eigenvalue weighted by molar-refractivity contribution is -0.146. The van der Waals surface area contributed by atoms with Crippen molar-refractivity contribution in [2.45, 2.75) is 63.8 Å². The van der Waals surface area contributed by atoms with E-state index in [0.717, 1.165) is 49.9 Å². The van der Waals surface area contributed by atoms with Gasteiger partial charge in [0, 0.05) is 43.7 Å². The molecule has 2 heterocycles. The van der Waals surface area contributed by atoms with E-state index in [2.05, 4.69) is 5.32 Å². The molecule has 7 nitrogen and oxygen atoms in total. The number of likely N-dealkylation sites (tertiary alicyclic amines) is 1. The van der Waals surface area contributed by atoms with Gasteiger partial charge in [0.1, 0.15) is 5.69 Å². The molecule has 1 N–H and O–H groups in total. The molecule has 0 radical (unpaired) electrons. The van der Waals surface area contributed by atoms with Crippen LogP contribution in [-0.2, 0) is 14.3 Å². The van der Waals surface area contributed by atoms with Gasteiger partial charge in [0.05, 0.1) is 7.11 Å². The predicted molar refractivity (Wildman–Crippen MR) is 119 cm³/mol. The fraction of sp³-hybridized carbons (Fsp3) is 0.720. The molecule has 0 spiro atoms. The summed E-state index contributed by atoms with van der Waals surface area (Å²) in [5, 5.41) is 3.13. The Morgan fingerprint density at radius 1 is 1.06 bits per heavy atom. The first-order valence-corrected chi connectivity index (χ1v) is 12.3. The van der Waals surface area contributed by atoms with E-state index in [1.54, 1.807) is 6.07 Å². The Hall–Kier alpha value is -2.31. The van der Waals surface area contributed by atoms with Gasteiger partial charge >= 0.3 is 5.97 Å². The minimum absolute atomic E-state index is 0.106. The van der Waals surface area contributed by atoms with Gasteiger partial charge in [-0.15, -0.1) is 0 Å². The van der Waals surface area contributed by atoms with Crippen LogP contribution in [0.25, 0.3) is 0 Å². The number of ether oxygens (including phenoxy) is 1. The molecule has 0 aromatic carbocycles. The average Bonchev–Trinajstić information content (AvgIpc) is 3.27. The zero-order valence-electron chi connectivity index (χ0n) is 19.1. The summed E-state index contributed by atoms with van der Waals surface area (Å²) in [6.07, 6.45) is 11.0. The summed E-state index contributed by atoms with van der Waals surface area (Å²) in [6, 6.07) is 3.82. The van der Waals surface area contributed by atoms with Crippen LogP contribution in [0.4, 0.5) is 0 Å². The summed E-state index contributed by atoms with van der Waals surface area (Å²) in [4.78, 5) is 39.6. The summed E-state index contributed by atoms with van der Waals surface area (Å²) in [5.41, 5.74) is 0.411. The molecule has 4 saturated carbocycles. The molecule has 7 heteroatoms. The monoisotopic (exact) mass is 441 g/mol. The minimum Gasteiger partial charge on any atom is -0.464 e. The number of rotatable bonds is 6. The summed E-state index contributed by atoms with van der Waals surface area (Å²) in [7, 11) is 1.39. The maximum atomic E-state index is 13.1. The average molecular weight is 442 g/mol. The fourth-order valence-corrected chi connectivity index (χ4v) is 7.40. The van der Waals surface area contributed by atoms with Crippen molar-refractivity contribution >= 4 is 17.8 Å². The van der Waals surface area contributed by atoms with E-state index >= 15 is 0 Å². The zero-order valence-corrected chi connectivity index (χ0v) is 19.1. The third-order valence-corrected chi connectivity index (χ3v) is 8.53. The highest BCUT2D eigenvalue weighted by atomic mass is 16.5. The Balaban J connectivity index is 1.08. The van der Waals surface area contributed by atoms with Crippen LogP contribution >= 0.6 is 0 Å². The number of esters is 1. The smallest absolute Gasteiger partial charge is 0.354 e. The van der Waals surface area contributed by atoms with Crippen LogP contribution in [-0.4, -0.2) is 54.0 Å². The molecule has 5 aliphatic rings. The van der Waals surface area contributed by atoms with Crippen molar-refractivity contribution in [3.63, 3.8) is 0 Å². The van der Waals surface area contributed by atoms with Gasteiger partial charge in [-0.3, -0.25) is 9.59 Å². The highest BCUT2D eigenvalue weighted by Crippen LogP contribution is 2.60. The van der Waals surface area contributed by atoms with Crippen molar-refractivity contribution in [3.8, 4) is 0 Å². The Labute approximate surface area is 189 Å². The van der Waals surface area contributed by atoms with Gasteiger partial charge in [-0.2, -0.15) is 0 Å². The number of methoxy groups -OCH3 is 1. The lowest BCUT2D eigenvalue weighted by atomic mass is 9.49. The molecule has 4 aliphatic carbocycles. The second-order valence-corrected chi connectivity index (χ2v) is 10.6. The normalized spacial score (nSPS) is 31.5. The molecule has 174 valence electrons. The number of nitrogens with zero attached hydrogens (tertiary/aromatic N) is 2. The van der Waals surface area contributed by atoms with Gasteiger partial charge in [-0.05, 0) is 81.3 Å². The molecular weight excluding hydrogens is 406 g/mol. The fourth-order valence-electron chi connectivity index (χ4n) is 7.40. The van der Waals surface area contributed by atoms with Crippen LogP contribution in [0.5, 0.6) is 0 Å². The van der Waals surface area contributed by atoms with Crippen molar-refractivity contribution in [1.29, 1.82) is 0 Å². The third-order valence-electron chi connectivity index (χ3n) is 8.53. The first kappa shape index (κ1) is 21.5. The summed E-state index contributed by atoms with van der Waals surface area (Å²) in [6.45, 7) is 1.78. The van der Waals surface area contributed by atoms with E-state index in [4.69, 9.17) is 4.74 Å². The Morgan fingerprint density at radius 2 is 1.69 bits per heavy atom. The van der Waals surface area contributed by atoms with Gasteiger partial charge in [-0.1, -0.05) is 0 Å². The van der Waals surface area contributed by atoms with Crippen LogP contribution < -0.4 is 5.32 Å². The number of amides is 2. The van der Waals surface area contributed by atoms with E-state index in [1.165, 1.54) is 26.4 Å². The van der Waals surface area contributed by atoms with Crippen LogP contribution in [0.15, 0.2) is 18.3 Å². The van der Waals surface area contributed by atoms with Crippen molar-refractivity contribution in [2.75, 3.05) is 26.7 Å². The number of aromatic nitrogens is 1. The minimum atomic E-state index is -0.330. The van der Waals surface area contributed by atoms with Crippen molar-refractivity contribution < 1.29 is 19.1 Å². The first-order chi connectivity index (χ1) is 15.5. The zero-order chi connectivity index (χ0) is 22.3. The van der Waals surface area contributed by atoms with Crippen molar-refractivity contribution in [1.82, 2.24) is 14.8 Å². The number of carbonyl (C=O) groups excluding carboxylic acids is 3. The molecule has 6 rings (SSSR count). The van der Waals surface area contributed by atoms with Gasteiger partial charge in [0.15, 0.2) is 0 Å². The number of piperidine rings is 1. The quantitative estimate of drug-likeness (QED) is 0.688. The molecule has 5 fully saturated rings. The summed E-state index contributed by atoms with van der Waals surface area (Å²) >= 11 is 0. The third kappa shape index (κ3) is 3.95. The summed E-state index contributed by atoms with van der Waals surface area (Å²) in [5.74, 6) is 2.21. The van der Waals surface area contributed by atoms with Gasteiger partial charge in [0.25, 0.3) is 0 Å². The standard InChI is InChI=1S/C25H35N3O4/c1-32-23(30)21-3-2-8-28(21)20-5-9-27(10-6-20)22(29)4-7-26-24(31)25-14-17-11-18(15-25)13-19(12-17)16-25/h2-3,8,17-20H,4-7,9-16H2,1H3,(H,26,31). The van der Waals surface area contributed by atoms with Crippen LogP contribution in [0.1, 0.15) is 74.3 Å². The molecule has 1 aromatic heterocycles. The maximum Gasteiger partial charge on any atom is 0.354 e. The number of carbonyl (C=O) groups is 3. The molecule has 1 saturated heterocycles. The molecule has 0 atom stereocenters. The lowest BCUT2D eigenvalue weighted by Crippen LogP contribution is -2.54. The van der Waals surface area contributed by atoms with E-state index in [9.17, 15) is 14.4 Å². The van der Waals surface area contributed by atoms with Gasteiger partial charge < -0.3 is 19.5 Å². The second-order valence-electron chi connectivity index (χ2n) is 10.6. The molecule has 4 bridgehead atoms. The van der Waals surface area contributed by atoms with E-state index in [-0.39, 0.29) is 29.2 Å². The first-order valence-electron chi connectivity index (χ1n) is 12.3. The molecule has 32 heavy (non-hydrogen) atoms. The number of nitrogens with one attached hydrogen (secondary N) is 1. The van der Waals surface area contributed by atoms with Crippen LogP contribution in [0.2, 0.25) is 0 Å². The lowest BCUT2D eigenvalue weighted by Gasteiger charge is -2.55. The SMILES string of the molecule is COC(=O)c1cccn1C1CCN(C(=O)CCNC(=O)C23CC4CC(CC(C4)C2)C3)CC1. The highest BCUT2D eigenvalue weighted by Gasteiger charge is 2.54. The Bertz CT molecular complexity index is 848. The number of hydrogen-bond acceptors (Lipinski definition) is 4. The molecular formula is C25H35N3O4. The van der Waals surface area contributed by atoms with E-state index in [1.807, 2.05) is 21.7 Å². The van der Waals surface area contributed by atoms with E-state index in [0.29, 0.717) is 31.7 Å². The van der Waals surface area contributed by atoms with E-state index < -0.39 is 0 Å². The van der Waals surface area contributed by atoms with Crippen molar-refractivity contribution in [3.05, 3.63) is 24.0 Å². The second kappa shape index (κ2) is 8.56. The van der Waals surface area contributed by atoms with Crippen LogP contribution in [0.3, 0.4) is 0 Å². The molecule has 2 amide bonds. The van der Waals surface area contributed by atoms with Crippen molar-refractivity contribution in [2.24, 2.45) is 23.2 Å². The highest BCUT2D eigenvalue weighted by molar-refractivity contribution is 5.87. The Morgan fingerprint density at radius 3 is 2.28 bits per heavy atom. The predicted octanol–water partition coefficient (Wildman–Crippen LogP) is 3.16. The van der Waals surface area contributed by atoms with Gasteiger partial charge in [0.2, 0.25) is 11.8 Å². The Kier molecular flexibility index (Phi) is 5.76. The van der Waals surface area contributed by atoms with Gasteiger partial charge in [-0.25, -0.2) is 4.79 Å².